The minimum Gasteiger partial charge on any atom is -0.447 e. The van der Waals surface area contributed by atoms with Crippen LogP contribution in [0.3, 0.4) is 0 Å². The van der Waals surface area contributed by atoms with Crippen LogP contribution < -0.4 is 10.2 Å². The van der Waals surface area contributed by atoms with Crippen LogP contribution in [0.5, 0.6) is 0 Å². The van der Waals surface area contributed by atoms with E-state index in [9.17, 15) is 4.79 Å². The number of ether oxygens (including phenoxy) is 1. The molecule has 1 heterocycles. The van der Waals surface area contributed by atoms with E-state index in [0.29, 0.717) is 13.2 Å². The molecule has 4 heteroatoms. The summed E-state index contributed by atoms with van der Waals surface area (Å²) in [5, 5.41) is 3.35. The minimum absolute atomic E-state index is 0.254. The standard InChI is InChI=1S/C13H18N2O2/c1-2-3-7-14-11-5-4-6-12(10-11)15-8-9-17-13(15)16/h4-6,10,14H,2-3,7-9H2,1H3. The zero-order valence-electron chi connectivity index (χ0n) is 10.1. The number of nitrogens with zero attached hydrogens (tertiary/aromatic N) is 1. The summed E-state index contributed by atoms with van der Waals surface area (Å²) in [6.45, 7) is 4.24. The third-order valence-corrected chi connectivity index (χ3v) is 2.78. The van der Waals surface area contributed by atoms with Gasteiger partial charge < -0.3 is 10.1 Å². The quantitative estimate of drug-likeness (QED) is 0.796. The minimum atomic E-state index is -0.254. The number of carbonyl (C=O) groups is 1. The number of amides is 1. The van der Waals surface area contributed by atoms with E-state index in [2.05, 4.69) is 12.2 Å². The summed E-state index contributed by atoms with van der Waals surface area (Å²) < 4.78 is 4.92. The molecular formula is C13H18N2O2. The Morgan fingerprint density at radius 2 is 2.35 bits per heavy atom. The number of unbranched alkanes of at least 4 members (excludes halogenated alkanes) is 1. The molecule has 1 saturated heterocycles. The smallest absolute Gasteiger partial charge is 0.414 e. The number of carbonyl (C=O) groups excluding carboxylic acids is 1. The van der Waals surface area contributed by atoms with Gasteiger partial charge in [0.2, 0.25) is 0 Å². The summed E-state index contributed by atoms with van der Waals surface area (Å²) in [5.41, 5.74) is 1.95. The van der Waals surface area contributed by atoms with Gasteiger partial charge >= 0.3 is 6.09 Å². The normalized spacial score (nSPS) is 14.9. The average Bonchev–Trinajstić information content (AvgIpc) is 2.76. The van der Waals surface area contributed by atoms with Crippen LogP contribution >= 0.6 is 0 Å². The first-order valence-corrected chi connectivity index (χ1v) is 6.09. The van der Waals surface area contributed by atoms with Crippen molar-refractivity contribution in [3.05, 3.63) is 24.3 Å². The number of anilines is 2. The number of rotatable bonds is 5. The summed E-state index contributed by atoms with van der Waals surface area (Å²) >= 11 is 0. The molecule has 1 aliphatic rings. The largest absolute Gasteiger partial charge is 0.447 e. The van der Waals surface area contributed by atoms with E-state index in [-0.39, 0.29) is 6.09 Å². The van der Waals surface area contributed by atoms with Crippen molar-refractivity contribution < 1.29 is 9.53 Å². The topological polar surface area (TPSA) is 41.6 Å². The summed E-state index contributed by atoms with van der Waals surface area (Å²) in [5.74, 6) is 0. The second-order valence-corrected chi connectivity index (χ2v) is 4.10. The van der Waals surface area contributed by atoms with Gasteiger partial charge in [0.1, 0.15) is 6.61 Å². The lowest BCUT2D eigenvalue weighted by molar-refractivity contribution is 0.181. The molecule has 0 atom stereocenters. The molecule has 0 bridgehead atoms. The van der Waals surface area contributed by atoms with Crippen LogP contribution in [-0.4, -0.2) is 25.8 Å². The van der Waals surface area contributed by atoms with Gasteiger partial charge in [0.15, 0.2) is 0 Å². The van der Waals surface area contributed by atoms with Gasteiger partial charge in [-0.15, -0.1) is 0 Å². The molecule has 0 spiro atoms. The van der Waals surface area contributed by atoms with Gasteiger partial charge in [0, 0.05) is 17.9 Å². The summed E-state index contributed by atoms with van der Waals surface area (Å²) in [4.78, 5) is 13.1. The van der Waals surface area contributed by atoms with Crippen molar-refractivity contribution in [2.75, 3.05) is 29.9 Å². The summed E-state index contributed by atoms with van der Waals surface area (Å²) in [7, 11) is 0. The first-order chi connectivity index (χ1) is 8.31. The molecule has 1 aromatic rings. The van der Waals surface area contributed by atoms with E-state index in [1.165, 1.54) is 6.42 Å². The monoisotopic (exact) mass is 234 g/mol. The lowest BCUT2D eigenvalue weighted by Gasteiger charge is -2.14. The second-order valence-electron chi connectivity index (χ2n) is 4.10. The Morgan fingerprint density at radius 1 is 1.47 bits per heavy atom. The highest BCUT2D eigenvalue weighted by Gasteiger charge is 2.23. The molecule has 0 radical (unpaired) electrons. The lowest BCUT2D eigenvalue weighted by Crippen LogP contribution is -2.23. The van der Waals surface area contributed by atoms with Gasteiger partial charge in [-0.05, 0) is 24.6 Å². The number of cyclic esters (lactones) is 1. The van der Waals surface area contributed by atoms with Crippen molar-refractivity contribution in [3.63, 3.8) is 0 Å². The van der Waals surface area contributed by atoms with Gasteiger partial charge in [-0.1, -0.05) is 19.4 Å². The molecular weight excluding hydrogens is 216 g/mol. The van der Waals surface area contributed by atoms with Gasteiger partial charge in [0.05, 0.1) is 6.54 Å². The Labute approximate surface area is 102 Å². The van der Waals surface area contributed by atoms with Crippen molar-refractivity contribution >= 4 is 17.5 Å². The van der Waals surface area contributed by atoms with Crippen LogP contribution in [-0.2, 0) is 4.74 Å². The van der Waals surface area contributed by atoms with Gasteiger partial charge in [0.25, 0.3) is 0 Å². The maximum atomic E-state index is 11.4. The zero-order valence-corrected chi connectivity index (χ0v) is 10.1. The van der Waals surface area contributed by atoms with Crippen molar-refractivity contribution in [2.24, 2.45) is 0 Å². The second kappa shape index (κ2) is 5.57. The Bertz CT molecular complexity index is 393. The SMILES string of the molecule is CCCCNc1cccc(N2CCOC2=O)c1. The number of hydrogen-bond donors (Lipinski definition) is 1. The molecule has 0 unspecified atom stereocenters. The Hall–Kier alpha value is -1.71. The average molecular weight is 234 g/mol. The fourth-order valence-electron chi connectivity index (χ4n) is 1.82. The molecule has 4 nitrogen and oxygen atoms in total. The van der Waals surface area contributed by atoms with E-state index in [4.69, 9.17) is 4.74 Å². The molecule has 0 saturated carbocycles. The predicted octanol–water partition coefficient (Wildman–Crippen LogP) is 2.86. The number of nitrogens with one attached hydrogen (secondary N) is 1. The Morgan fingerprint density at radius 3 is 3.06 bits per heavy atom. The van der Waals surface area contributed by atoms with E-state index in [1.807, 2.05) is 24.3 Å². The van der Waals surface area contributed by atoms with Crippen LogP contribution in [0, 0.1) is 0 Å². The van der Waals surface area contributed by atoms with Gasteiger partial charge in [-0.3, -0.25) is 4.90 Å². The fourth-order valence-corrected chi connectivity index (χ4v) is 1.82. The van der Waals surface area contributed by atoms with E-state index in [0.717, 1.165) is 24.3 Å². The predicted molar refractivity (Wildman–Crippen MR) is 68.5 cm³/mol. The number of benzene rings is 1. The van der Waals surface area contributed by atoms with Crippen LogP contribution in [0.15, 0.2) is 24.3 Å². The van der Waals surface area contributed by atoms with Gasteiger partial charge in [-0.2, -0.15) is 0 Å². The van der Waals surface area contributed by atoms with E-state index >= 15 is 0 Å². The van der Waals surface area contributed by atoms with Gasteiger partial charge in [-0.25, -0.2) is 4.79 Å². The van der Waals surface area contributed by atoms with Crippen LogP contribution in [0.4, 0.5) is 16.2 Å². The Balaban J connectivity index is 2.03. The third-order valence-electron chi connectivity index (χ3n) is 2.78. The first kappa shape index (κ1) is 11.8. The Kier molecular flexibility index (Phi) is 3.85. The number of hydrogen-bond acceptors (Lipinski definition) is 3. The molecule has 0 aromatic heterocycles. The van der Waals surface area contributed by atoms with E-state index < -0.39 is 0 Å². The maximum absolute atomic E-state index is 11.4. The molecule has 1 aliphatic heterocycles. The lowest BCUT2D eigenvalue weighted by atomic mass is 10.2. The highest BCUT2D eigenvalue weighted by atomic mass is 16.6. The van der Waals surface area contributed by atoms with Crippen molar-refractivity contribution in [3.8, 4) is 0 Å². The highest BCUT2D eigenvalue weighted by Crippen LogP contribution is 2.22. The maximum Gasteiger partial charge on any atom is 0.414 e. The van der Waals surface area contributed by atoms with Crippen LogP contribution in [0.25, 0.3) is 0 Å². The molecule has 1 amide bonds. The first-order valence-electron chi connectivity index (χ1n) is 6.09. The molecule has 1 N–H and O–H groups in total. The fraction of sp³-hybridized carbons (Fsp3) is 0.462. The summed E-state index contributed by atoms with van der Waals surface area (Å²) in [6, 6.07) is 7.88. The van der Waals surface area contributed by atoms with Crippen molar-refractivity contribution in [1.82, 2.24) is 0 Å². The molecule has 17 heavy (non-hydrogen) atoms. The third kappa shape index (κ3) is 2.90. The summed E-state index contributed by atoms with van der Waals surface area (Å²) in [6.07, 6.45) is 2.07. The molecule has 1 aromatic carbocycles. The van der Waals surface area contributed by atoms with Crippen molar-refractivity contribution in [2.45, 2.75) is 19.8 Å². The highest BCUT2D eigenvalue weighted by molar-refractivity contribution is 5.89. The van der Waals surface area contributed by atoms with Crippen molar-refractivity contribution in [1.29, 1.82) is 0 Å². The van der Waals surface area contributed by atoms with Crippen LogP contribution in [0.1, 0.15) is 19.8 Å². The zero-order chi connectivity index (χ0) is 12.1. The molecule has 1 fully saturated rings. The van der Waals surface area contributed by atoms with Crippen LogP contribution in [0.2, 0.25) is 0 Å². The molecule has 2 rings (SSSR count). The van der Waals surface area contributed by atoms with E-state index in [1.54, 1.807) is 4.90 Å². The molecule has 92 valence electrons. The molecule has 0 aliphatic carbocycles.